The van der Waals surface area contributed by atoms with Crippen molar-refractivity contribution < 1.29 is 14.6 Å². The van der Waals surface area contributed by atoms with Crippen molar-refractivity contribution in [1.29, 1.82) is 0 Å². The van der Waals surface area contributed by atoms with Crippen molar-refractivity contribution in [3.05, 3.63) is 71.8 Å². The fraction of sp³-hybridized carbons (Fsp3) is 0.278. The number of amides is 1. The third-order valence-electron chi connectivity index (χ3n) is 3.97. The highest BCUT2D eigenvalue weighted by Crippen LogP contribution is 2.33. The van der Waals surface area contributed by atoms with Crippen molar-refractivity contribution in [2.45, 2.75) is 18.3 Å². The van der Waals surface area contributed by atoms with Crippen LogP contribution in [0.3, 0.4) is 0 Å². The number of hydrogen-bond donors (Lipinski definition) is 1. The van der Waals surface area contributed by atoms with Crippen LogP contribution in [0.15, 0.2) is 60.7 Å². The maximum Gasteiger partial charge on any atom is 0.254 e. The molecule has 0 spiro atoms. The van der Waals surface area contributed by atoms with Gasteiger partial charge in [0.2, 0.25) is 0 Å². The lowest BCUT2D eigenvalue weighted by Gasteiger charge is -2.23. The second kappa shape index (κ2) is 6.30. The van der Waals surface area contributed by atoms with Crippen molar-refractivity contribution in [2.24, 2.45) is 0 Å². The summed E-state index contributed by atoms with van der Waals surface area (Å²) in [5.74, 6) is -0.313. The van der Waals surface area contributed by atoms with Gasteiger partial charge >= 0.3 is 0 Å². The maximum atomic E-state index is 12.3. The van der Waals surface area contributed by atoms with Crippen molar-refractivity contribution in [3.8, 4) is 0 Å². The molecule has 1 fully saturated rings. The van der Waals surface area contributed by atoms with Gasteiger partial charge in [0.05, 0.1) is 6.54 Å². The van der Waals surface area contributed by atoms with Gasteiger partial charge in [-0.2, -0.15) is 0 Å². The molecule has 1 aliphatic rings. The molecule has 0 aliphatic carbocycles. The summed E-state index contributed by atoms with van der Waals surface area (Å²) >= 11 is 0. The molecule has 0 radical (unpaired) electrons. The smallest absolute Gasteiger partial charge is 0.254 e. The summed E-state index contributed by atoms with van der Waals surface area (Å²) in [6.45, 7) is 0.420. The zero-order chi connectivity index (χ0) is 15.5. The van der Waals surface area contributed by atoms with Crippen LogP contribution in [0.1, 0.15) is 23.3 Å². The van der Waals surface area contributed by atoms with Gasteiger partial charge < -0.3 is 14.7 Å². The number of aliphatic hydroxyl groups excluding tert-OH is 1. The molecule has 1 amide bonds. The highest BCUT2D eigenvalue weighted by atomic mass is 16.5. The number of rotatable bonds is 2. The molecule has 1 N–H and O–H groups in total. The van der Waals surface area contributed by atoms with E-state index in [-0.39, 0.29) is 12.0 Å². The van der Waals surface area contributed by atoms with Crippen LogP contribution >= 0.6 is 0 Å². The Bertz CT molecular complexity index is 629. The molecular formula is C18H19NO3. The summed E-state index contributed by atoms with van der Waals surface area (Å²) in [7, 11) is 1.69. The van der Waals surface area contributed by atoms with E-state index in [2.05, 4.69) is 0 Å². The van der Waals surface area contributed by atoms with Crippen molar-refractivity contribution in [1.82, 2.24) is 4.90 Å². The molecule has 4 heteroatoms. The van der Waals surface area contributed by atoms with Gasteiger partial charge in [-0.3, -0.25) is 4.79 Å². The molecule has 3 rings (SSSR count). The number of carbonyl (C=O) groups is 1. The van der Waals surface area contributed by atoms with Crippen LogP contribution in [0.25, 0.3) is 0 Å². The molecule has 1 aliphatic heterocycles. The predicted octanol–water partition coefficient (Wildman–Crippen LogP) is 2.32. The van der Waals surface area contributed by atoms with Gasteiger partial charge in [-0.25, -0.2) is 0 Å². The predicted molar refractivity (Wildman–Crippen MR) is 83.1 cm³/mol. The lowest BCUT2D eigenvalue weighted by Crippen LogP contribution is -2.37. The summed E-state index contributed by atoms with van der Waals surface area (Å²) < 4.78 is 6.12. The van der Waals surface area contributed by atoms with Crippen LogP contribution in [0.5, 0.6) is 0 Å². The van der Waals surface area contributed by atoms with Gasteiger partial charge in [-0.05, 0) is 11.1 Å². The summed E-state index contributed by atoms with van der Waals surface area (Å²) in [5.41, 5.74) is 1.80. The number of ether oxygens (including phenoxy) is 1. The SMILES string of the molecule is CN1CC(c2ccccc2)OC(c2ccccc2)C(O)C1=O. The van der Waals surface area contributed by atoms with E-state index in [1.165, 1.54) is 4.90 Å². The number of hydrogen-bond acceptors (Lipinski definition) is 3. The first-order valence-electron chi connectivity index (χ1n) is 7.35. The molecule has 0 aromatic heterocycles. The van der Waals surface area contributed by atoms with E-state index in [9.17, 15) is 9.90 Å². The van der Waals surface area contributed by atoms with Crippen LogP contribution in [0.4, 0.5) is 0 Å². The Morgan fingerprint density at radius 1 is 1.00 bits per heavy atom. The molecule has 1 saturated heterocycles. The molecule has 0 bridgehead atoms. The molecule has 114 valence electrons. The Balaban J connectivity index is 1.96. The Morgan fingerprint density at radius 2 is 1.55 bits per heavy atom. The lowest BCUT2D eigenvalue weighted by molar-refractivity contribution is -0.142. The van der Waals surface area contributed by atoms with Crippen LogP contribution in [0.2, 0.25) is 0 Å². The Labute approximate surface area is 130 Å². The van der Waals surface area contributed by atoms with E-state index in [1.807, 2.05) is 60.7 Å². The largest absolute Gasteiger partial charge is 0.380 e. The van der Waals surface area contributed by atoms with Gasteiger partial charge in [0.15, 0.2) is 6.10 Å². The minimum Gasteiger partial charge on any atom is -0.380 e. The van der Waals surface area contributed by atoms with Crippen LogP contribution in [-0.2, 0) is 9.53 Å². The van der Waals surface area contributed by atoms with Crippen molar-refractivity contribution in [2.75, 3.05) is 13.6 Å². The minimum atomic E-state index is -1.19. The van der Waals surface area contributed by atoms with Gasteiger partial charge in [0.1, 0.15) is 12.2 Å². The normalized spacial score (nSPS) is 25.8. The Morgan fingerprint density at radius 3 is 2.14 bits per heavy atom. The first-order valence-corrected chi connectivity index (χ1v) is 7.35. The standard InChI is InChI=1S/C18H19NO3/c1-19-12-15(13-8-4-2-5-9-13)22-17(16(20)18(19)21)14-10-6-3-7-11-14/h2-11,15-17,20H,12H2,1H3. The molecule has 3 unspecified atom stereocenters. The van der Waals surface area contributed by atoms with Crippen molar-refractivity contribution in [3.63, 3.8) is 0 Å². The molecule has 2 aromatic rings. The third-order valence-corrected chi connectivity index (χ3v) is 3.97. The maximum absolute atomic E-state index is 12.3. The zero-order valence-electron chi connectivity index (χ0n) is 12.4. The minimum absolute atomic E-state index is 0.266. The lowest BCUT2D eigenvalue weighted by atomic mass is 10.0. The number of nitrogens with zero attached hydrogens (tertiary/aromatic N) is 1. The van der Waals surface area contributed by atoms with E-state index < -0.39 is 12.2 Å². The second-order valence-corrected chi connectivity index (χ2v) is 5.53. The van der Waals surface area contributed by atoms with E-state index in [4.69, 9.17) is 4.74 Å². The fourth-order valence-electron chi connectivity index (χ4n) is 2.74. The summed E-state index contributed by atoms with van der Waals surface area (Å²) in [6, 6.07) is 19.2. The molecule has 0 saturated carbocycles. The van der Waals surface area contributed by atoms with Crippen LogP contribution < -0.4 is 0 Å². The third kappa shape index (κ3) is 2.89. The average molecular weight is 297 g/mol. The summed E-state index contributed by atoms with van der Waals surface area (Å²) in [5, 5.41) is 10.4. The van der Waals surface area contributed by atoms with Gasteiger partial charge in [0.25, 0.3) is 5.91 Å². The zero-order valence-corrected chi connectivity index (χ0v) is 12.4. The highest BCUT2D eigenvalue weighted by Gasteiger charge is 2.37. The Kier molecular flexibility index (Phi) is 4.22. The molecule has 2 aromatic carbocycles. The summed E-state index contributed by atoms with van der Waals surface area (Å²) in [6.07, 6.45) is -2.12. The first-order chi connectivity index (χ1) is 10.7. The number of benzene rings is 2. The van der Waals surface area contributed by atoms with E-state index in [0.29, 0.717) is 6.54 Å². The van der Waals surface area contributed by atoms with E-state index in [1.54, 1.807) is 7.05 Å². The highest BCUT2D eigenvalue weighted by molar-refractivity contribution is 5.81. The molecule has 3 atom stereocenters. The molecular weight excluding hydrogens is 278 g/mol. The van der Waals surface area contributed by atoms with Crippen molar-refractivity contribution >= 4 is 5.91 Å². The van der Waals surface area contributed by atoms with Gasteiger partial charge in [-0.15, -0.1) is 0 Å². The molecule has 1 heterocycles. The van der Waals surface area contributed by atoms with Gasteiger partial charge in [-0.1, -0.05) is 60.7 Å². The molecule has 22 heavy (non-hydrogen) atoms. The van der Waals surface area contributed by atoms with Gasteiger partial charge in [0, 0.05) is 7.05 Å². The van der Waals surface area contributed by atoms with Crippen LogP contribution in [0, 0.1) is 0 Å². The summed E-state index contributed by atoms with van der Waals surface area (Å²) in [4.78, 5) is 13.8. The number of aliphatic hydroxyl groups is 1. The Hall–Kier alpha value is -2.17. The quantitative estimate of drug-likeness (QED) is 0.925. The number of likely N-dealkylation sites (N-methyl/N-ethyl adjacent to an activating group) is 1. The first kappa shape index (κ1) is 14.8. The van der Waals surface area contributed by atoms with E-state index >= 15 is 0 Å². The fourth-order valence-corrected chi connectivity index (χ4v) is 2.74. The van der Waals surface area contributed by atoms with E-state index in [0.717, 1.165) is 11.1 Å². The molecule has 4 nitrogen and oxygen atoms in total. The second-order valence-electron chi connectivity index (χ2n) is 5.53. The topological polar surface area (TPSA) is 49.8 Å². The average Bonchev–Trinajstić information content (AvgIpc) is 2.68. The monoisotopic (exact) mass is 297 g/mol. The number of carbonyl (C=O) groups excluding carboxylic acids is 1. The van der Waals surface area contributed by atoms with Crippen LogP contribution in [-0.4, -0.2) is 35.6 Å².